The summed E-state index contributed by atoms with van der Waals surface area (Å²) in [4.78, 5) is 4.22. The second kappa shape index (κ2) is 9.46. The Bertz CT molecular complexity index is 1050. The van der Waals surface area contributed by atoms with Crippen molar-refractivity contribution in [3.8, 4) is 0 Å². The van der Waals surface area contributed by atoms with E-state index in [-0.39, 0.29) is 17.4 Å². The van der Waals surface area contributed by atoms with Crippen molar-refractivity contribution in [3.63, 3.8) is 0 Å². The van der Waals surface area contributed by atoms with E-state index in [2.05, 4.69) is 14.9 Å². The van der Waals surface area contributed by atoms with Crippen molar-refractivity contribution in [1.82, 2.24) is 14.9 Å². The highest BCUT2D eigenvalue weighted by atomic mass is 32.2. The van der Waals surface area contributed by atoms with Gasteiger partial charge in [-0.25, -0.2) is 17.5 Å². The van der Waals surface area contributed by atoms with E-state index < -0.39 is 21.9 Å². The molecule has 9 heteroatoms. The van der Waals surface area contributed by atoms with E-state index in [0.717, 1.165) is 17.5 Å². The monoisotopic (exact) mass is 433 g/mol. The van der Waals surface area contributed by atoms with Gasteiger partial charge in [-0.2, -0.15) is 0 Å². The van der Waals surface area contributed by atoms with Crippen molar-refractivity contribution < 1.29 is 22.1 Å². The molecule has 0 spiro atoms. The van der Waals surface area contributed by atoms with E-state index in [1.165, 1.54) is 24.3 Å². The summed E-state index contributed by atoms with van der Waals surface area (Å²) < 4.78 is 52.7. The molecule has 30 heavy (non-hydrogen) atoms. The van der Waals surface area contributed by atoms with Crippen LogP contribution in [0.1, 0.15) is 35.7 Å². The van der Waals surface area contributed by atoms with Crippen LogP contribution in [-0.4, -0.2) is 25.2 Å². The molecule has 0 saturated heterocycles. The lowest BCUT2D eigenvalue weighted by Gasteiger charge is -2.24. The largest absolute Gasteiger partial charge is 0.376 e. The molecule has 2 unspecified atom stereocenters. The van der Waals surface area contributed by atoms with Gasteiger partial charge < -0.3 is 9.26 Å². The Balaban J connectivity index is 1.78. The maximum absolute atomic E-state index is 13.3. The first kappa shape index (κ1) is 22.1. The Hall–Kier alpha value is -2.62. The summed E-state index contributed by atoms with van der Waals surface area (Å²) in [7, 11) is -3.81. The van der Waals surface area contributed by atoms with Crippen molar-refractivity contribution >= 4 is 10.0 Å². The minimum absolute atomic E-state index is 0.140. The number of aromatic nitrogens is 2. The molecule has 1 aromatic carbocycles. The molecular formula is C21H24FN3O4S. The number of pyridine rings is 1. The molecule has 1 N–H and O–H groups in total. The van der Waals surface area contributed by atoms with Crippen LogP contribution < -0.4 is 4.72 Å². The average molecular weight is 434 g/mol. The van der Waals surface area contributed by atoms with Crippen molar-refractivity contribution in [2.75, 3.05) is 6.61 Å². The minimum atomic E-state index is -3.81. The second-order valence-corrected chi connectivity index (χ2v) is 8.82. The molecule has 0 bridgehead atoms. The number of rotatable bonds is 9. The maximum Gasteiger partial charge on any atom is 0.241 e. The molecule has 2 aromatic heterocycles. The fraction of sp³-hybridized carbons (Fsp3) is 0.333. The third-order valence-corrected chi connectivity index (χ3v) is 6.24. The van der Waals surface area contributed by atoms with E-state index in [4.69, 9.17) is 9.26 Å². The number of benzene rings is 1. The molecule has 0 aliphatic rings. The van der Waals surface area contributed by atoms with Gasteiger partial charge in [0, 0.05) is 11.5 Å². The molecule has 0 aliphatic carbocycles. The van der Waals surface area contributed by atoms with Crippen LogP contribution in [-0.2, 0) is 21.4 Å². The first-order valence-corrected chi connectivity index (χ1v) is 10.9. The Kier molecular flexibility index (Phi) is 6.96. The van der Waals surface area contributed by atoms with Crippen LogP contribution in [0.3, 0.4) is 0 Å². The number of sulfonamides is 1. The lowest BCUT2D eigenvalue weighted by atomic mass is 10.0. The van der Waals surface area contributed by atoms with Gasteiger partial charge in [-0.15, -0.1) is 0 Å². The van der Waals surface area contributed by atoms with E-state index in [1.807, 2.05) is 13.8 Å². The number of nitrogens with zero attached hydrogens (tertiary/aromatic N) is 2. The van der Waals surface area contributed by atoms with Gasteiger partial charge in [-0.1, -0.05) is 30.3 Å². The van der Waals surface area contributed by atoms with Gasteiger partial charge >= 0.3 is 0 Å². The smallest absolute Gasteiger partial charge is 0.241 e. The van der Waals surface area contributed by atoms with Gasteiger partial charge in [-0.05, 0) is 38.1 Å². The number of ether oxygens (including phenoxy) is 1. The van der Waals surface area contributed by atoms with E-state index in [9.17, 15) is 12.8 Å². The van der Waals surface area contributed by atoms with Crippen molar-refractivity contribution in [1.29, 1.82) is 0 Å². The van der Waals surface area contributed by atoms with Crippen LogP contribution in [0.4, 0.5) is 4.39 Å². The molecule has 2 atom stereocenters. The molecule has 3 aromatic rings. The normalized spacial score (nSPS) is 13.9. The molecule has 7 nitrogen and oxygen atoms in total. The number of nitrogens with one attached hydrogen (secondary N) is 1. The third kappa shape index (κ3) is 5.29. The first-order chi connectivity index (χ1) is 14.3. The summed E-state index contributed by atoms with van der Waals surface area (Å²) in [6, 6.07) is 10.1. The Labute approximate surface area is 175 Å². The first-order valence-electron chi connectivity index (χ1n) is 9.46. The van der Waals surface area contributed by atoms with Crippen LogP contribution in [0.15, 0.2) is 58.1 Å². The summed E-state index contributed by atoms with van der Waals surface area (Å²) in [5, 5.41) is 3.89. The van der Waals surface area contributed by atoms with Crippen LogP contribution >= 0.6 is 0 Å². The van der Waals surface area contributed by atoms with Gasteiger partial charge in [0.2, 0.25) is 10.0 Å². The third-order valence-electron chi connectivity index (χ3n) is 4.78. The summed E-state index contributed by atoms with van der Waals surface area (Å²) >= 11 is 0. The number of hydrogen-bond donors (Lipinski definition) is 1. The summed E-state index contributed by atoms with van der Waals surface area (Å²) in [5.41, 5.74) is 2.02. The molecular weight excluding hydrogens is 409 g/mol. The van der Waals surface area contributed by atoms with Crippen molar-refractivity contribution in [2.24, 2.45) is 5.92 Å². The number of hydrogen-bond acceptors (Lipinski definition) is 6. The quantitative estimate of drug-likeness (QED) is 0.553. The van der Waals surface area contributed by atoms with E-state index in [0.29, 0.717) is 18.1 Å². The zero-order valence-electron chi connectivity index (χ0n) is 17.0. The molecule has 160 valence electrons. The molecule has 0 aliphatic heterocycles. The van der Waals surface area contributed by atoms with Gasteiger partial charge in [0.15, 0.2) is 0 Å². The SMILES string of the molecule is Cc1noc(C)c1COCC(C)C(NS(=O)(=O)c1ccccc1)c1ccc(F)cn1. The lowest BCUT2D eigenvalue weighted by Crippen LogP contribution is -2.35. The van der Waals surface area contributed by atoms with Gasteiger partial charge in [-0.3, -0.25) is 4.98 Å². The standard InChI is InChI=1S/C21H24FN3O4S/c1-14(12-28-13-19-15(2)24-29-16(19)3)21(20-10-9-17(22)11-23-20)25-30(26,27)18-7-5-4-6-8-18/h4-11,14,21,25H,12-13H2,1-3H3. The number of halogens is 1. The fourth-order valence-corrected chi connectivity index (χ4v) is 4.36. The molecule has 0 fully saturated rings. The zero-order valence-corrected chi connectivity index (χ0v) is 17.8. The molecule has 0 saturated carbocycles. The Morgan fingerprint density at radius 3 is 2.50 bits per heavy atom. The predicted octanol–water partition coefficient (Wildman–Crippen LogP) is 3.70. The van der Waals surface area contributed by atoms with E-state index in [1.54, 1.807) is 25.1 Å². The van der Waals surface area contributed by atoms with Crippen LogP contribution in [0.5, 0.6) is 0 Å². The van der Waals surface area contributed by atoms with Crippen LogP contribution in [0, 0.1) is 25.6 Å². The maximum atomic E-state index is 13.3. The summed E-state index contributed by atoms with van der Waals surface area (Å²) in [6.07, 6.45) is 1.07. The minimum Gasteiger partial charge on any atom is -0.376 e. The second-order valence-electron chi connectivity index (χ2n) is 7.11. The predicted molar refractivity (Wildman–Crippen MR) is 108 cm³/mol. The van der Waals surface area contributed by atoms with E-state index >= 15 is 0 Å². The lowest BCUT2D eigenvalue weighted by molar-refractivity contribution is 0.0806. The molecule has 0 amide bonds. The number of aryl methyl sites for hydroxylation is 2. The Morgan fingerprint density at radius 2 is 1.90 bits per heavy atom. The Morgan fingerprint density at radius 1 is 1.17 bits per heavy atom. The van der Waals surface area contributed by atoms with Gasteiger partial charge in [0.25, 0.3) is 0 Å². The van der Waals surface area contributed by atoms with Gasteiger partial charge in [0.05, 0.1) is 41.7 Å². The highest BCUT2D eigenvalue weighted by Crippen LogP contribution is 2.24. The van der Waals surface area contributed by atoms with Crippen molar-refractivity contribution in [3.05, 3.63) is 77.2 Å². The molecule has 0 radical (unpaired) electrons. The van der Waals surface area contributed by atoms with Crippen LogP contribution in [0.2, 0.25) is 0 Å². The average Bonchev–Trinajstić information content (AvgIpc) is 3.05. The van der Waals surface area contributed by atoms with Gasteiger partial charge in [0.1, 0.15) is 11.6 Å². The fourth-order valence-electron chi connectivity index (χ4n) is 3.03. The zero-order chi connectivity index (χ0) is 21.7. The highest BCUT2D eigenvalue weighted by molar-refractivity contribution is 7.89. The topological polar surface area (TPSA) is 94.3 Å². The molecule has 2 heterocycles. The highest BCUT2D eigenvalue weighted by Gasteiger charge is 2.27. The summed E-state index contributed by atoms with van der Waals surface area (Å²) in [6.45, 7) is 6.02. The van der Waals surface area contributed by atoms with Crippen LogP contribution in [0.25, 0.3) is 0 Å². The molecule has 3 rings (SSSR count). The van der Waals surface area contributed by atoms with Crippen molar-refractivity contribution in [2.45, 2.75) is 38.3 Å². The summed E-state index contributed by atoms with van der Waals surface area (Å²) in [5.74, 6) is -0.102.